The number of benzene rings is 1. The fourth-order valence-electron chi connectivity index (χ4n) is 1.73. The van der Waals surface area contributed by atoms with E-state index in [9.17, 15) is 5.11 Å². The summed E-state index contributed by atoms with van der Waals surface area (Å²) in [5.41, 5.74) is 2.72. The Balaban J connectivity index is 2.05. The van der Waals surface area contributed by atoms with Crippen molar-refractivity contribution < 1.29 is 14.4 Å². The number of hydrogen-bond donors (Lipinski definition) is 1. The standard InChI is InChI=1S/C14H17NO3/c1-9-6-12(11(3)16)4-5-14(9)17-8-13-7-10(2)15-18-13/h4-7,11,16H,8H2,1-3H3/t11-/m0/s1. The molecule has 2 aromatic rings. The highest BCUT2D eigenvalue weighted by Crippen LogP contribution is 2.23. The van der Waals surface area contributed by atoms with Crippen LogP contribution in [0.3, 0.4) is 0 Å². The van der Waals surface area contributed by atoms with E-state index in [1.165, 1.54) is 0 Å². The average Bonchev–Trinajstić information content (AvgIpc) is 2.73. The quantitative estimate of drug-likeness (QED) is 0.902. The van der Waals surface area contributed by atoms with Gasteiger partial charge in [-0.3, -0.25) is 0 Å². The number of rotatable bonds is 4. The molecular weight excluding hydrogens is 230 g/mol. The molecular formula is C14H17NO3. The molecule has 0 saturated heterocycles. The molecule has 1 N–H and O–H groups in total. The number of aryl methyl sites for hydroxylation is 2. The molecule has 0 radical (unpaired) electrons. The molecule has 18 heavy (non-hydrogen) atoms. The molecule has 0 aliphatic rings. The Morgan fingerprint density at radius 2 is 2.11 bits per heavy atom. The van der Waals surface area contributed by atoms with Crippen molar-refractivity contribution in [3.63, 3.8) is 0 Å². The zero-order chi connectivity index (χ0) is 13.1. The van der Waals surface area contributed by atoms with Crippen molar-refractivity contribution in [2.75, 3.05) is 0 Å². The van der Waals surface area contributed by atoms with Gasteiger partial charge in [0, 0.05) is 6.07 Å². The summed E-state index contributed by atoms with van der Waals surface area (Å²) >= 11 is 0. The Morgan fingerprint density at radius 3 is 2.67 bits per heavy atom. The summed E-state index contributed by atoms with van der Waals surface area (Å²) in [6.45, 7) is 5.92. The van der Waals surface area contributed by atoms with Crippen LogP contribution >= 0.6 is 0 Å². The van der Waals surface area contributed by atoms with Crippen LogP contribution in [0.2, 0.25) is 0 Å². The van der Waals surface area contributed by atoms with Crippen LogP contribution in [0.4, 0.5) is 0 Å². The van der Waals surface area contributed by atoms with Gasteiger partial charge in [-0.1, -0.05) is 11.2 Å². The summed E-state index contributed by atoms with van der Waals surface area (Å²) in [4.78, 5) is 0. The largest absolute Gasteiger partial charge is 0.485 e. The summed E-state index contributed by atoms with van der Waals surface area (Å²) in [6, 6.07) is 7.49. The van der Waals surface area contributed by atoms with E-state index in [-0.39, 0.29) is 0 Å². The number of aliphatic hydroxyl groups is 1. The summed E-state index contributed by atoms with van der Waals surface area (Å²) < 4.78 is 10.7. The van der Waals surface area contributed by atoms with Crippen molar-refractivity contribution in [1.82, 2.24) is 5.16 Å². The van der Waals surface area contributed by atoms with E-state index in [0.717, 1.165) is 22.6 Å². The second kappa shape index (κ2) is 5.23. The van der Waals surface area contributed by atoms with Crippen LogP contribution in [0.25, 0.3) is 0 Å². The van der Waals surface area contributed by atoms with Crippen LogP contribution in [0.1, 0.15) is 35.6 Å². The van der Waals surface area contributed by atoms with Crippen molar-refractivity contribution in [1.29, 1.82) is 0 Å². The van der Waals surface area contributed by atoms with Gasteiger partial charge < -0.3 is 14.4 Å². The van der Waals surface area contributed by atoms with Crippen molar-refractivity contribution in [2.24, 2.45) is 0 Å². The van der Waals surface area contributed by atoms with Gasteiger partial charge in [-0.15, -0.1) is 0 Å². The fourth-order valence-corrected chi connectivity index (χ4v) is 1.73. The van der Waals surface area contributed by atoms with Crippen molar-refractivity contribution in [2.45, 2.75) is 33.5 Å². The monoisotopic (exact) mass is 247 g/mol. The third-order valence-electron chi connectivity index (χ3n) is 2.73. The van der Waals surface area contributed by atoms with Crippen LogP contribution in [0.15, 0.2) is 28.8 Å². The van der Waals surface area contributed by atoms with Gasteiger partial charge in [0.2, 0.25) is 0 Å². The molecule has 1 atom stereocenters. The highest BCUT2D eigenvalue weighted by Gasteiger charge is 2.07. The van der Waals surface area contributed by atoms with Gasteiger partial charge in [0.15, 0.2) is 5.76 Å². The topological polar surface area (TPSA) is 55.5 Å². The molecule has 0 unspecified atom stereocenters. The number of hydrogen-bond acceptors (Lipinski definition) is 4. The summed E-state index contributed by atoms with van der Waals surface area (Å²) in [6.07, 6.45) is -0.463. The van der Waals surface area contributed by atoms with Gasteiger partial charge in [0.25, 0.3) is 0 Å². The third kappa shape index (κ3) is 2.90. The van der Waals surface area contributed by atoms with E-state index >= 15 is 0 Å². The number of aliphatic hydroxyl groups excluding tert-OH is 1. The molecule has 96 valence electrons. The second-order valence-electron chi connectivity index (χ2n) is 4.42. The van der Waals surface area contributed by atoms with Crippen LogP contribution in [-0.4, -0.2) is 10.3 Å². The van der Waals surface area contributed by atoms with Crippen LogP contribution in [-0.2, 0) is 6.61 Å². The molecule has 0 amide bonds. The van der Waals surface area contributed by atoms with Crippen molar-refractivity contribution in [3.05, 3.63) is 46.8 Å². The summed E-state index contributed by atoms with van der Waals surface area (Å²) in [5.74, 6) is 1.49. The lowest BCUT2D eigenvalue weighted by Crippen LogP contribution is -1.98. The van der Waals surface area contributed by atoms with E-state index in [2.05, 4.69) is 5.16 Å². The first-order chi connectivity index (χ1) is 8.56. The lowest BCUT2D eigenvalue weighted by Gasteiger charge is -2.10. The highest BCUT2D eigenvalue weighted by atomic mass is 16.5. The second-order valence-corrected chi connectivity index (χ2v) is 4.42. The summed E-state index contributed by atoms with van der Waals surface area (Å²) in [7, 11) is 0. The molecule has 0 aliphatic carbocycles. The minimum absolute atomic E-state index is 0.357. The average molecular weight is 247 g/mol. The predicted octanol–water partition coefficient (Wildman–Crippen LogP) is 2.92. The normalized spacial score (nSPS) is 12.4. The minimum atomic E-state index is -0.463. The van der Waals surface area contributed by atoms with Crippen molar-refractivity contribution in [3.8, 4) is 5.75 Å². The van der Waals surface area contributed by atoms with Gasteiger partial charge in [-0.25, -0.2) is 0 Å². The SMILES string of the molecule is Cc1cc(COc2ccc([C@H](C)O)cc2C)on1. The van der Waals surface area contributed by atoms with E-state index in [1.807, 2.05) is 38.1 Å². The molecule has 4 nitrogen and oxygen atoms in total. The Labute approximate surface area is 106 Å². The maximum atomic E-state index is 9.49. The lowest BCUT2D eigenvalue weighted by atomic mass is 10.1. The Hall–Kier alpha value is -1.81. The molecule has 1 heterocycles. The van der Waals surface area contributed by atoms with Gasteiger partial charge >= 0.3 is 0 Å². The van der Waals surface area contributed by atoms with Crippen LogP contribution in [0.5, 0.6) is 5.75 Å². The minimum Gasteiger partial charge on any atom is -0.485 e. The molecule has 0 fully saturated rings. The Morgan fingerprint density at radius 1 is 1.33 bits per heavy atom. The molecule has 4 heteroatoms. The molecule has 1 aromatic heterocycles. The fraction of sp³-hybridized carbons (Fsp3) is 0.357. The zero-order valence-electron chi connectivity index (χ0n) is 10.8. The Kier molecular flexibility index (Phi) is 3.67. The van der Waals surface area contributed by atoms with E-state index in [1.54, 1.807) is 6.92 Å². The van der Waals surface area contributed by atoms with Gasteiger partial charge in [-0.2, -0.15) is 0 Å². The molecule has 0 bridgehead atoms. The number of ether oxygens (including phenoxy) is 1. The van der Waals surface area contributed by atoms with Gasteiger partial charge in [0.1, 0.15) is 12.4 Å². The molecule has 1 aromatic carbocycles. The zero-order valence-corrected chi connectivity index (χ0v) is 10.8. The third-order valence-corrected chi connectivity index (χ3v) is 2.73. The van der Waals surface area contributed by atoms with Gasteiger partial charge in [-0.05, 0) is 44.0 Å². The summed E-state index contributed by atoms with van der Waals surface area (Å²) in [5, 5.41) is 13.3. The maximum absolute atomic E-state index is 9.49. The van der Waals surface area contributed by atoms with Crippen molar-refractivity contribution >= 4 is 0 Å². The molecule has 2 rings (SSSR count). The predicted molar refractivity (Wildman–Crippen MR) is 67.4 cm³/mol. The van der Waals surface area contributed by atoms with E-state index < -0.39 is 6.10 Å². The molecule has 0 spiro atoms. The maximum Gasteiger partial charge on any atom is 0.174 e. The molecule has 0 aliphatic heterocycles. The number of nitrogens with zero attached hydrogens (tertiary/aromatic N) is 1. The van der Waals surface area contributed by atoms with E-state index in [0.29, 0.717) is 12.4 Å². The van der Waals surface area contributed by atoms with E-state index in [4.69, 9.17) is 9.26 Å². The van der Waals surface area contributed by atoms with Crippen LogP contribution < -0.4 is 4.74 Å². The smallest absolute Gasteiger partial charge is 0.174 e. The number of aromatic nitrogens is 1. The Bertz CT molecular complexity index is 532. The lowest BCUT2D eigenvalue weighted by molar-refractivity contribution is 0.199. The van der Waals surface area contributed by atoms with Gasteiger partial charge in [0.05, 0.1) is 11.8 Å². The first-order valence-electron chi connectivity index (χ1n) is 5.90. The van der Waals surface area contributed by atoms with Crippen LogP contribution in [0, 0.1) is 13.8 Å². The highest BCUT2D eigenvalue weighted by molar-refractivity contribution is 5.37. The first-order valence-corrected chi connectivity index (χ1v) is 5.90. The first kappa shape index (κ1) is 12.6. The molecule has 0 saturated carbocycles.